The van der Waals surface area contributed by atoms with Gasteiger partial charge in [-0.2, -0.15) is 23.4 Å². The van der Waals surface area contributed by atoms with Crippen molar-refractivity contribution in [1.82, 2.24) is 34.3 Å². The lowest BCUT2D eigenvalue weighted by Crippen LogP contribution is -2.57. The van der Waals surface area contributed by atoms with Crippen LogP contribution in [0.4, 0.5) is 28.2 Å². The Labute approximate surface area is 308 Å². The normalized spacial score (nSPS) is 21.2. The minimum absolute atomic E-state index is 0.0164. The van der Waals surface area contributed by atoms with Gasteiger partial charge in [0.25, 0.3) is 0 Å². The first-order valence-electron chi connectivity index (χ1n) is 18.0. The summed E-state index contributed by atoms with van der Waals surface area (Å²) in [5, 5.41) is 8.23. The van der Waals surface area contributed by atoms with Gasteiger partial charge in [-0.3, -0.25) is 4.90 Å². The van der Waals surface area contributed by atoms with Gasteiger partial charge < -0.3 is 14.4 Å². The number of benzene rings is 1. The molecule has 3 aliphatic rings. The van der Waals surface area contributed by atoms with E-state index in [-0.39, 0.29) is 52.8 Å². The molecule has 13 nitrogen and oxygen atoms in total. The number of aryl methyl sites for hydroxylation is 1. The highest BCUT2D eigenvalue weighted by molar-refractivity contribution is 7.91. The highest BCUT2D eigenvalue weighted by atomic mass is 32.2. The van der Waals surface area contributed by atoms with Crippen LogP contribution in [0.1, 0.15) is 77.2 Å². The van der Waals surface area contributed by atoms with E-state index < -0.39 is 73.0 Å². The lowest BCUT2D eigenvalue weighted by atomic mass is 9.94. The molecule has 18 heteroatoms. The first kappa shape index (κ1) is 36.4. The first-order valence-corrected chi connectivity index (χ1v) is 19.7. The topological polar surface area (TPSA) is 137 Å². The smallest absolute Gasteiger partial charge is 0.417 e. The number of sulfone groups is 1. The Morgan fingerprint density at radius 3 is 2.39 bits per heavy atom. The van der Waals surface area contributed by atoms with E-state index in [0.29, 0.717) is 31.4 Å². The Balaban J connectivity index is 1.38. The van der Waals surface area contributed by atoms with Crippen molar-refractivity contribution in [2.24, 2.45) is 0 Å². The maximum absolute atomic E-state index is 17.6. The van der Waals surface area contributed by atoms with Gasteiger partial charge in [0.15, 0.2) is 12.0 Å². The Hall–Kier alpha value is -4.58. The summed E-state index contributed by atoms with van der Waals surface area (Å²) in [6.07, 6.45) is 0.271. The zero-order valence-electron chi connectivity index (χ0n) is 30.4. The molecule has 0 radical (unpaired) electrons. The number of aromatic nitrogens is 6. The number of pyridine rings is 1. The van der Waals surface area contributed by atoms with E-state index in [2.05, 4.69) is 20.2 Å². The summed E-state index contributed by atoms with van der Waals surface area (Å²) in [5.41, 5.74) is -3.01. The Morgan fingerprint density at radius 1 is 1.04 bits per heavy atom. The molecule has 3 fully saturated rings. The molecule has 2 bridgehead atoms. The lowest BCUT2D eigenvalue weighted by molar-refractivity contribution is -0.137. The molecule has 288 valence electrons. The number of amides is 1. The summed E-state index contributed by atoms with van der Waals surface area (Å²) < 4.78 is 104. The van der Waals surface area contributed by atoms with E-state index in [1.165, 1.54) is 43.1 Å². The van der Waals surface area contributed by atoms with Gasteiger partial charge in [-0.05, 0) is 77.5 Å². The van der Waals surface area contributed by atoms with Crippen LogP contribution in [0.3, 0.4) is 0 Å². The number of hydrogen-bond donors (Lipinski definition) is 0. The van der Waals surface area contributed by atoms with Crippen molar-refractivity contribution in [3.05, 3.63) is 41.5 Å². The second-order valence-corrected chi connectivity index (χ2v) is 17.4. The number of halogens is 4. The third kappa shape index (κ3) is 5.92. The van der Waals surface area contributed by atoms with Crippen molar-refractivity contribution in [2.75, 3.05) is 30.3 Å². The third-order valence-corrected chi connectivity index (χ3v) is 12.0. The number of fused-ring (bicyclic) bond motifs is 6. The van der Waals surface area contributed by atoms with Crippen molar-refractivity contribution >= 4 is 49.1 Å². The molecule has 1 amide bonds. The van der Waals surface area contributed by atoms with Crippen molar-refractivity contribution in [3.8, 4) is 11.3 Å². The van der Waals surface area contributed by atoms with Crippen LogP contribution in [0.2, 0.25) is 0 Å². The average molecular weight is 773 g/mol. The predicted octanol–water partition coefficient (Wildman–Crippen LogP) is 6.84. The quantitative estimate of drug-likeness (QED) is 0.138. The van der Waals surface area contributed by atoms with Gasteiger partial charge in [-0.1, -0.05) is 6.92 Å². The molecule has 1 aromatic carbocycles. The number of ether oxygens (including phenoxy) is 2. The SMILES string of the molecule is CCS(=O)(=O)c1nc(N2CC3CCC(C2)N3C(=O)OC(C)(C)C)c2c(n1)c(F)c(-c1c(C(F)(F)F)c(C)cc3c1cnn3C1CCCCO1)n1nccc21. The molecule has 3 aliphatic heterocycles. The Morgan fingerprint density at radius 2 is 1.76 bits per heavy atom. The molecule has 4 aromatic heterocycles. The highest BCUT2D eigenvalue weighted by Gasteiger charge is 2.46. The fourth-order valence-corrected chi connectivity index (χ4v) is 8.89. The van der Waals surface area contributed by atoms with Crippen LogP contribution in [0.15, 0.2) is 29.7 Å². The monoisotopic (exact) mass is 772 g/mol. The molecule has 0 aliphatic carbocycles. The second kappa shape index (κ2) is 12.7. The fourth-order valence-electron chi connectivity index (χ4n) is 8.18. The molecule has 7 heterocycles. The van der Waals surface area contributed by atoms with Gasteiger partial charge in [-0.15, -0.1) is 0 Å². The molecular weight excluding hydrogens is 733 g/mol. The standard InChI is InChI=1S/C36H40F4N8O5S/c1-6-54(50,51)33-43-30-27(32(44-33)45-17-20-10-11-21(18-45)46(20)34(49)53-35(3,4)5)23-12-13-41-48(23)31(29(30)37)26-22-16-42-47(25-9-7-8-14-52-25)24(22)15-19(2)28(26)36(38,39)40/h12-13,15-16,20-21,25H,6-11,14,17-18H2,1-5H3. The summed E-state index contributed by atoms with van der Waals surface area (Å²) in [7, 11) is -4.15. The van der Waals surface area contributed by atoms with Crippen molar-refractivity contribution in [2.45, 2.75) is 102 Å². The molecule has 3 atom stereocenters. The second-order valence-electron chi connectivity index (χ2n) is 15.2. The number of anilines is 1. The minimum Gasteiger partial charge on any atom is -0.444 e. The van der Waals surface area contributed by atoms with Crippen molar-refractivity contribution in [1.29, 1.82) is 0 Å². The zero-order valence-corrected chi connectivity index (χ0v) is 31.3. The number of nitrogens with zero attached hydrogens (tertiary/aromatic N) is 8. The molecule has 8 rings (SSSR count). The van der Waals surface area contributed by atoms with E-state index in [0.717, 1.165) is 17.4 Å². The summed E-state index contributed by atoms with van der Waals surface area (Å²) in [4.78, 5) is 25.5. The van der Waals surface area contributed by atoms with Gasteiger partial charge >= 0.3 is 12.3 Å². The van der Waals surface area contributed by atoms with Crippen LogP contribution in [0.25, 0.3) is 38.6 Å². The molecule has 0 N–H and O–H groups in total. The van der Waals surface area contributed by atoms with Crippen molar-refractivity contribution in [3.63, 3.8) is 0 Å². The fraction of sp³-hybridized carbons (Fsp3) is 0.528. The lowest BCUT2D eigenvalue weighted by Gasteiger charge is -2.42. The molecule has 3 saturated heterocycles. The van der Waals surface area contributed by atoms with Crippen LogP contribution >= 0.6 is 0 Å². The van der Waals surface area contributed by atoms with E-state index in [4.69, 9.17) is 9.47 Å². The molecule has 54 heavy (non-hydrogen) atoms. The molecule has 5 aromatic rings. The van der Waals surface area contributed by atoms with Crippen LogP contribution in [-0.4, -0.2) is 91.9 Å². The maximum Gasteiger partial charge on any atom is 0.417 e. The molecular formula is C36H40F4N8O5S. The Bertz CT molecular complexity index is 2420. The predicted molar refractivity (Wildman–Crippen MR) is 190 cm³/mol. The van der Waals surface area contributed by atoms with Gasteiger partial charge in [0.1, 0.15) is 22.6 Å². The third-order valence-electron chi connectivity index (χ3n) is 10.5. The summed E-state index contributed by atoms with van der Waals surface area (Å²) in [6.45, 7) is 8.95. The van der Waals surface area contributed by atoms with Crippen molar-refractivity contribution < 1.29 is 40.2 Å². The number of hydrogen-bond acceptors (Lipinski definition) is 10. The number of carbonyl (C=O) groups excluding carboxylic acids is 1. The van der Waals surface area contributed by atoms with Gasteiger partial charge in [0, 0.05) is 30.6 Å². The Kier molecular flexibility index (Phi) is 8.59. The van der Waals surface area contributed by atoms with Gasteiger partial charge in [-0.25, -0.2) is 36.8 Å². The number of piperazine rings is 1. The van der Waals surface area contributed by atoms with E-state index in [1.54, 1.807) is 30.6 Å². The van der Waals surface area contributed by atoms with Crippen LogP contribution in [-0.2, 0) is 25.5 Å². The molecule has 3 unspecified atom stereocenters. The summed E-state index contributed by atoms with van der Waals surface area (Å²) in [5.74, 6) is -1.53. The summed E-state index contributed by atoms with van der Waals surface area (Å²) in [6, 6.07) is 2.25. The first-order chi connectivity index (χ1) is 25.5. The largest absolute Gasteiger partial charge is 0.444 e. The van der Waals surface area contributed by atoms with E-state index in [9.17, 15) is 13.2 Å². The number of rotatable bonds is 5. The van der Waals surface area contributed by atoms with Crippen LogP contribution in [0.5, 0.6) is 0 Å². The van der Waals surface area contributed by atoms with Gasteiger partial charge in [0.05, 0.1) is 52.2 Å². The average Bonchev–Trinajstić information content (AvgIpc) is 3.82. The zero-order chi connectivity index (χ0) is 38.5. The van der Waals surface area contributed by atoms with E-state index in [1.807, 2.05) is 0 Å². The van der Waals surface area contributed by atoms with Gasteiger partial charge in [0.2, 0.25) is 15.0 Å². The highest BCUT2D eigenvalue weighted by Crippen LogP contribution is 2.47. The van der Waals surface area contributed by atoms with Crippen LogP contribution < -0.4 is 4.90 Å². The van der Waals surface area contributed by atoms with E-state index >= 15 is 17.6 Å². The minimum atomic E-state index is -4.93. The molecule has 0 spiro atoms. The maximum atomic E-state index is 17.6. The number of alkyl halides is 3. The number of carbonyl (C=O) groups is 1. The molecule has 0 saturated carbocycles. The van der Waals surface area contributed by atoms with Crippen LogP contribution in [0, 0.1) is 12.7 Å². The summed E-state index contributed by atoms with van der Waals surface area (Å²) >= 11 is 0.